The Morgan fingerprint density at radius 3 is 2.88 bits per heavy atom. The molecule has 0 aliphatic heterocycles. The van der Waals surface area contributed by atoms with E-state index < -0.39 is 0 Å². The minimum absolute atomic E-state index is 0.0198. The van der Waals surface area contributed by atoms with E-state index in [1.807, 2.05) is 36.0 Å². The number of aromatic nitrogens is 1. The number of ether oxygens (including phenoxy) is 1. The lowest BCUT2D eigenvalue weighted by atomic mass is 10.2. The summed E-state index contributed by atoms with van der Waals surface area (Å²) >= 11 is 3.32. The van der Waals surface area contributed by atoms with E-state index in [0.29, 0.717) is 11.6 Å². The first-order chi connectivity index (χ1) is 12.2. The van der Waals surface area contributed by atoms with Crippen LogP contribution in [0.15, 0.2) is 48.5 Å². The van der Waals surface area contributed by atoms with Gasteiger partial charge in [0.15, 0.2) is 5.13 Å². The van der Waals surface area contributed by atoms with Crippen molar-refractivity contribution in [2.75, 3.05) is 18.2 Å². The molecule has 1 N–H and O–H groups in total. The summed E-state index contributed by atoms with van der Waals surface area (Å²) in [7, 11) is 1.64. The number of fused-ring (bicyclic) bond motifs is 1. The van der Waals surface area contributed by atoms with E-state index in [-0.39, 0.29) is 5.91 Å². The maximum Gasteiger partial charge on any atom is 0.226 e. The van der Waals surface area contributed by atoms with Gasteiger partial charge in [0.1, 0.15) is 5.75 Å². The number of methoxy groups -OCH3 is 1. The molecule has 0 fully saturated rings. The number of carbonyl (C=O) groups is 1. The molecule has 2 aromatic carbocycles. The highest BCUT2D eigenvalue weighted by Gasteiger charge is 2.08. The lowest BCUT2D eigenvalue weighted by Crippen LogP contribution is -2.11. The molecule has 0 unspecified atom stereocenters. The van der Waals surface area contributed by atoms with E-state index in [4.69, 9.17) is 4.74 Å². The summed E-state index contributed by atoms with van der Waals surface area (Å²) in [5, 5.41) is 3.54. The molecule has 6 heteroatoms. The van der Waals surface area contributed by atoms with Crippen molar-refractivity contribution >= 4 is 44.4 Å². The van der Waals surface area contributed by atoms with Gasteiger partial charge in [0.2, 0.25) is 5.91 Å². The minimum Gasteiger partial charge on any atom is -0.497 e. The quantitative estimate of drug-likeness (QED) is 0.568. The van der Waals surface area contributed by atoms with Gasteiger partial charge in [0.05, 0.1) is 17.3 Å². The molecule has 0 spiro atoms. The van der Waals surface area contributed by atoms with E-state index >= 15 is 0 Å². The average Bonchev–Trinajstić information content (AvgIpc) is 3.03. The van der Waals surface area contributed by atoms with Gasteiger partial charge in [0.25, 0.3) is 0 Å². The van der Waals surface area contributed by atoms with E-state index in [1.54, 1.807) is 7.11 Å². The number of nitrogens with one attached hydrogen (secondary N) is 1. The van der Waals surface area contributed by atoms with E-state index in [9.17, 15) is 4.79 Å². The fourth-order valence-electron chi connectivity index (χ4n) is 2.37. The van der Waals surface area contributed by atoms with Crippen molar-refractivity contribution < 1.29 is 9.53 Å². The van der Waals surface area contributed by atoms with Gasteiger partial charge in [-0.3, -0.25) is 4.79 Å². The summed E-state index contributed by atoms with van der Waals surface area (Å²) in [6.45, 7) is 0. The second kappa shape index (κ2) is 8.87. The van der Waals surface area contributed by atoms with Gasteiger partial charge in [-0.2, -0.15) is 11.8 Å². The topological polar surface area (TPSA) is 51.2 Å². The number of carbonyl (C=O) groups excluding carboxylic acids is 1. The molecule has 1 aromatic heterocycles. The van der Waals surface area contributed by atoms with Gasteiger partial charge >= 0.3 is 0 Å². The first-order valence-corrected chi connectivity index (χ1v) is 10.1. The van der Waals surface area contributed by atoms with E-state index in [2.05, 4.69) is 34.6 Å². The van der Waals surface area contributed by atoms with Crippen LogP contribution >= 0.6 is 23.1 Å². The monoisotopic (exact) mass is 372 g/mol. The number of thioether (sulfide) groups is 1. The number of hydrogen-bond donors (Lipinski definition) is 1. The van der Waals surface area contributed by atoms with Crippen LogP contribution in [-0.2, 0) is 10.5 Å². The van der Waals surface area contributed by atoms with E-state index in [0.717, 1.165) is 33.9 Å². The average molecular weight is 373 g/mol. The van der Waals surface area contributed by atoms with Crippen LogP contribution in [0.5, 0.6) is 5.75 Å². The SMILES string of the molecule is COc1ccc2nc(NC(=O)CCCSCc3ccccc3)sc2c1. The third-order valence-electron chi connectivity index (χ3n) is 3.65. The molecule has 1 amide bonds. The lowest BCUT2D eigenvalue weighted by molar-refractivity contribution is -0.116. The first kappa shape index (κ1) is 17.8. The number of rotatable bonds is 8. The Kier molecular flexibility index (Phi) is 6.30. The highest BCUT2D eigenvalue weighted by atomic mass is 32.2. The van der Waals surface area contributed by atoms with Gasteiger partial charge in [-0.1, -0.05) is 41.7 Å². The van der Waals surface area contributed by atoms with Crippen LogP contribution < -0.4 is 10.1 Å². The zero-order valence-electron chi connectivity index (χ0n) is 14.0. The van der Waals surface area contributed by atoms with Crippen LogP contribution in [0.4, 0.5) is 5.13 Å². The number of nitrogens with zero attached hydrogens (tertiary/aromatic N) is 1. The Bertz CT molecular complexity index is 834. The molecule has 3 rings (SSSR count). The lowest BCUT2D eigenvalue weighted by Gasteiger charge is -2.03. The maximum atomic E-state index is 12.1. The fraction of sp³-hybridized carbons (Fsp3) is 0.263. The molecule has 3 aromatic rings. The second-order valence-corrected chi connectivity index (χ2v) is 7.68. The molecule has 130 valence electrons. The summed E-state index contributed by atoms with van der Waals surface area (Å²) in [5.74, 6) is 2.78. The molecule has 0 aliphatic carbocycles. The molecule has 0 radical (unpaired) electrons. The highest BCUT2D eigenvalue weighted by molar-refractivity contribution is 7.98. The third-order valence-corrected chi connectivity index (χ3v) is 5.69. The summed E-state index contributed by atoms with van der Waals surface area (Å²) in [5.41, 5.74) is 2.20. The van der Waals surface area contributed by atoms with Crippen molar-refractivity contribution in [3.05, 3.63) is 54.1 Å². The molecule has 0 aliphatic rings. The van der Waals surface area contributed by atoms with Crippen LogP contribution in [0.2, 0.25) is 0 Å². The Balaban J connectivity index is 1.41. The number of thiazole rings is 1. The maximum absolute atomic E-state index is 12.1. The van der Waals surface area contributed by atoms with Crippen molar-refractivity contribution in [1.29, 1.82) is 0 Å². The van der Waals surface area contributed by atoms with Gasteiger partial charge in [-0.25, -0.2) is 4.98 Å². The molecular formula is C19H20N2O2S2. The highest BCUT2D eigenvalue weighted by Crippen LogP contribution is 2.29. The zero-order chi connectivity index (χ0) is 17.5. The van der Waals surface area contributed by atoms with Crippen LogP contribution in [0.25, 0.3) is 10.2 Å². The number of amides is 1. The van der Waals surface area contributed by atoms with Gasteiger partial charge in [0, 0.05) is 12.2 Å². The summed E-state index contributed by atoms with van der Waals surface area (Å²) in [4.78, 5) is 16.5. The fourth-order valence-corrected chi connectivity index (χ4v) is 4.20. The molecule has 0 saturated heterocycles. The zero-order valence-corrected chi connectivity index (χ0v) is 15.7. The smallest absolute Gasteiger partial charge is 0.226 e. The predicted octanol–water partition coefficient (Wildman–Crippen LogP) is 4.96. The van der Waals surface area contributed by atoms with Crippen molar-refractivity contribution in [1.82, 2.24) is 4.98 Å². The van der Waals surface area contributed by atoms with Crippen molar-refractivity contribution in [2.24, 2.45) is 0 Å². The second-order valence-electron chi connectivity index (χ2n) is 5.54. The van der Waals surface area contributed by atoms with Crippen LogP contribution in [0.1, 0.15) is 18.4 Å². The Morgan fingerprint density at radius 2 is 2.08 bits per heavy atom. The normalized spacial score (nSPS) is 10.8. The molecule has 0 saturated carbocycles. The minimum atomic E-state index is 0.0198. The molecular weight excluding hydrogens is 352 g/mol. The number of hydrogen-bond acceptors (Lipinski definition) is 5. The summed E-state index contributed by atoms with van der Waals surface area (Å²) in [6, 6.07) is 16.1. The van der Waals surface area contributed by atoms with Crippen molar-refractivity contribution in [3.63, 3.8) is 0 Å². The predicted molar refractivity (Wildman–Crippen MR) is 107 cm³/mol. The van der Waals surface area contributed by atoms with Crippen LogP contribution in [0.3, 0.4) is 0 Å². The van der Waals surface area contributed by atoms with Gasteiger partial charge in [-0.15, -0.1) is 0 Å². The largest absolute Gasteiger partial charge is 0.497 e. The van der Waals surface area contributed by atoms with Crippen LogP contribution in [0, 0.1) is 0 Å². The molecule has 0 atom stereocenters. The summed E-state index contributed by atoms with van der Waals surface area (Å²) in [6.07, 6.45) is 1.38. The summed E-state index contributed by atoms with van der Waals surface area (Å²) < 4.78 is 6.22. The first-order valence-electron chi connectivity index (χ1n) is 8.11. The molecule has 1 heterocycles. The number of benzene rings is 2. The van der Waals surface area contributed by atoms with Crippen LogP contribution in [-0.4, -0.2) is 23.8 Å². The molecule has 4 nitrogen and oxygen atoms in total. The van der Waals surface area contributed by atoms with Crippen molar-refractivity contribution in [3.8, 4) is 5.75 Å². The number of anilines is 1. The van der Waals surface area contributed by atoms with Crippen molar-refractivity contribution in [2.45, 2.75) is 18.6 Å². The molecule has 0 bridgehead atoms. The Labute approximate surface area is 155 Å². The van der Waals surface area contributed by atoms with E-state index in [1.165, 1.54) is 16.9 Å². The third kappa shape index (κ3) is 5.21. The molecule has 25 heavy (non-hydrogen) atoms. The van der Waals surface area contributed by atoms with Gasteiger partial charge in [-0.05, 0) is 35.9 Å². The standard InChI is InChI=1S/C19H20N2O2S2/c1-23-15-9-10-16-17(12-15)25-19(20-16)21-18(22)8-5-11-24-13-14-6-3-2-4-7-14/h2-4,6-7,9-10,12H,5,8,11,13H2,1H3,(H,20,21,22). The van der Waals surface area contributed by atoms with Gasteiger partial charge < -0.3 is 10.1 Å². The Hall–Kier alpha value is -2.05. The Morgan fingerprint density at radius 1 is 1.24 bits per heavy atom.